The van der Waals surface area contributed by atoms with Gasteiger partial charge in [0.05, 0.1) is 5.41 Å². The van der Waals surface area contributed by atoms with Crippen LogP contribution >= 0.6 is 0 Å². The van der Waals surface area contributed by atoms with Crippen molar-refractivity contribution in [1.82, 2.24) is 4.98 Å². The molecule has 2 rings (SSSR count). The Hall–Kier alpha value is -1.96. The number of carbonyl (C=O) groups excluding carboxylic acids is 1. The topological polar surface area (TPSA) is 30.0 Å². The molecule has 0 aliphatic carbocycles. The van der Waals surface area contributed by atoms with Crippen LogP contribution in [0, 0.1) is 0 Å². The first-order valence-corrected chi connectivity index (χ1v) is 5.65. The van der Waals surface area contributed by atoms with Crippen LogP contribution in [0.15, 0.2) is 54.9 Å². The molecule has 17 heavy (non-hydrogen) atoms. The van der Waals surface area contributed by atoms with Crippen LogP contribution in [0.25, 0.3) is 0 Å². The van der Waals surface area contributed by atoms with Gasteiger partial charge in [0.25, 0.3) is 0 Å². The van der Waals surface area contributed by atoms with Crippen molar-refractivity contribution in [3.8, 4) is 0 Å². The van der Waals surface area contributed by atoms with Crippen LogP contribution in [0.1, 0.15) is 18.1 Å². The quantitative estimate of drug-likeness (QED) is 0.749. The number of aldehydes is 1. The Bertz CT molecular complexity index is 481. The number of carbonyl (C=O) groups is 1. The molecule has 1 atom stereocenters. The molecular weight excluding hydrogens is 210 g/mol. The van der Waals surface area contributed by atoms with Gasteiger partial charge < -0.3 is 4.79 Å². The lowest BCUT2D eigenvalue weighted by Gasteiger charge is -2.23. The van der Waals surface area contributed by atoms with Crippen LogP contribution in [0.5, 0.6) is 0 Å². The Labute approximate surface area is 101 Å². The Morgan fingerprint density at radius 2 is 1.94 bits per heavy atom. The van der Waals surface area contributed by atoms with Gasteiger partial charge in [0.15, 0.2) is 0 Å². The maximum atomic E-state index is 11.4. The molecule has 1 unspecified atom stereocenters. The molecule has 0 N–H and O–H groups in total. The van der Waals surface area contributed by atoms with Crippen LogP contribution in [0.2, 0.25) is 0 Å². The van der Waals surface area contributed by atoms with Gasteiger partial charge in [-0.15, -0.1) is 0 Å². The standard InChI is InChI=1S/C15H15NO/c1-15(12-17,14-7-3-2-4-8-14)10-13-6-5-9-16-11-13/h2-9,11-12H,10H2,1H3. The second-order valence-corrected chi connectivity index (χ2v) is 4.44. The summed E-state index contributed by atoms with van der Waals surface area (Å²) in [5.41, 5.74) is 1.63. The highest BCUT2D eigenvalue weighted by molar-refractivity contribution is 5.68. The summed E-state index contributed by atoms with van der Waals surface area (Å²) in [7, 11) is 0. The van der Waals surface area contributed by atoms with Crippen molar-refractivity contribution < 1.29 is 4.79 Å². The van der Waals surface area contributed by atoms with Crippen molar-refractivity contribution in [2.75, 3.05) is 0 Å². The third kappa shape index (κ3) is 2.59. The van der Waals surface area contributed by atoms with Gasteiger partial charge >= 0.3 is 0 Å². The van der Waals surface area contributed by atoms with Gasteiger partial charge in [-0.05, 0) is 30.5 Å². The maximum absolute atomic E-state index is 11.4. The summed E-state index contributed by atoms with van der Waals surface area (Å²) >= 11 is 0. The van der Waals surface area contributed by atoms with Gasteiger partial charge in [-0.3, -0.25) is 4.98 Å². The van der Waals surface area contributed by atoms with Gasteiger partial charge in [0.2, 0.25) is 0 Å². The average molecular weight is 225 g/mol. The first-order valence-electron chi connectivity index (χ1n) is 5.65. The molecule has 0 aliphatic rings. The van der Waals surface area contributed by atoms with Crippen molar-refractivity contribution in [3.05, 3.63) is 66.0 Å². The minimum atomic E-state index is -0.482. The molecule has 0 fully saturated rings. The number of pyridine rings is 1. The number of hydrogen-bond donors (Lipinski definition) is 0. The lowest BCUT2D eigenvalue weighted by Crippen LogP contribution is -2.26. The molecule has 0 spiro atoms. The third-order valence-corrected chi connectivity index (χ3v) is 2.99. The summed E-state index contributed by atoms with van der Waals surface area (Å²) < 4.78 is 0. The summed E-state index contributed by atoms with van der Waals surface area (Å²) in [6.07, 6.45) is 5.25. The summed E-state index contributed by atoms with van der Waals surface area (Å²) in [4.78, 5) is 15.5. The summed E-state index contributed by atoms with van der Waals surface area (Å²) in [6.45, 7) is 1.96. The van der Waals surface area contributed by atoms with Gasteiger partial charge in [0, 0.05) is 12.4 Å². The fraction of sp³-hybridized carbons (Fsp3) is 0.200. The maximum Gasteiger partial charge on any atom is 0.130 e. The molecule has 0 radical (unpaired) electrons. The smallest absolute Gasteiger partial charge is 0.130 e. The number of aromatic nitrogens is 1. The van der Waals surface area contributed by atoms with Crippen molar-refractivity contribution in [2.45, 2.75) is 18.8 Å². The summed E-state index contributed by atoms with van der Waals surface area (Å²) in [5.74, 6) is 0. The van der Waals surface area contributed by atoms with Gasteiger partial charge in [-0.25, -0.2) is 0 Å². The van der Waals surface area contributed by atoms with E-state index in [9.17, 15) is 4.79 Å². The van der Waals surface area contributed by atoms with Crippen LogP contribution in [-0.2, 0) is 16.6 Å². The molecule has 2 aromatic rings. The lowest BCUT2D eigenvalue weighted by atomic mass is 9.79. The fourth-order valence-electron chi connectivity index (χ4n) is 1.96. The molecule has 1 aromatic heterocycles. The van der Waals surface area contributed by atoms with Crippen molar-refractivity contribution >= 4 is 6.29 Å². The van der Waals surface area contributed by atoms with E-state index in [2.05, 4.69) is 4.98 Å². The highest BCUT2D eigenvalue weighted by Crippen LogP contribution is 2.25. The average Bonchev–Trinajstić information content (AvgIpc) is 2.41. The van der Waals surface area contributed by atoms with E-state index in [4.69, 9.17) is 0 Å². The predicted octanol–water partition coefficient (Wildman–Crippen LogP) is 2.78. The van der Waals surface area contributed by atoms with Crippen molar-refractivity contribution in [1.29, 1.82) is 0 Å². The van der Waals surface area contributed by atoms with Gasteiger partial charge in [-0.1, -0.05) is 36.4 Å². The second-order valence-electron chi connectivity index (χ2n) is 4.44. The molecule has 2 nitrogen and oxygen atoms in total. The number of benzene rings is 1. The molecule has 0 bridgehead atoms. The molecule has 0 amide bonds. The third-order valence-electron chi connectivity index (χ3n) is 2.99. The zero-order chi connectivity index (χ0) is 12.1. The van der Waals surface area contributed by atoms with Crippen molar-refractivity contribution in [2.24, 2.45) is 0 Å². The van der Waals surface area contributed by atoms with E-state index in [0.29, 0.717) is 6.42 Å². The Kier molecular flexibility index (Phi) is 3.33. The van der Waals surface area contributed by atoms with E-state index < -0.39 is 5.41 Å². The number of hydrogen-bond acceptors (Lipinski definition) is 2. The van der Waals surface area contributed by atoms with E-state index >= 15 is 0 Å². The largest absolute Gasteiger partial charge is 0.302 e. The molecule has 1 heterocycles. The molecule has 2 heteroatoms. The van der Waals surface area contributed by atoms with E-state index in [-0.39, 0.29) is 0 Å². The highest BCUT2D eigenvalue weighted by Gasteiger charge is 2.26. The van der Waals surface area contributed by atoms with Gasteiger partial charge in [0.1, 0.15) is 6.29 Å². The van der Waals surface area contributed by atoms with Crippen LogP contribution < -0.4 is 0 Å². The zero-order valence-electron chi connectivity index (χ0n) is 9.84. The van der Waals surface area contributed by atoms with Crippen molar-refractivity contribution in [3.63, 3.8) is 0 Å². The van der Waals surface area contributed by atoms with Crippen LogP contribution in [0.4, 0.5) is 0 Å². The number of rotatable bonds is 4. The van der Waals surface area contributed by atoms with Crippen LogP contribution in [-0.4, -0.2) is 11.3 Å². The lowest BCUT2D eigenvalue weighted by molar-refractivity contribution is -0.112. The monoisotopic (exact) mass is 225 g/mol. The fourth-order valence-corrected chi connectivity index (χ4v) is 1.96. The first kappa shape index (κ1) is 11.5. The van der Waals surface area contributed by atoms with Crippen LogP contribution in [0.3, 0.4) is 0 Å². The zero-order valence-corrected chi connectivity index (χ0v) is 9.84. The minimum Gasteiger partial charge on any atom is -0.302 e. The normalized spacial score (nSPS) is 13.9. The first-order chi connectivity index (χ1) is 8.24. The SMILES string of the molecule is CC(C=O)(Cc1cccnc1)c1ccccc1. The van der Waals surface area contributed by atoms with E-state index in [1.165, 1.54) is 0 Å². The summed E-state index contributed by atoms with van der Waals surface area (Å²) in [6, 6.07) is 13.7. The molecular formula is C15H15NO. The van der Waals surface area contributed by atoms with E-state index in [1.807, 2.05) is 55.6 Å². The van der Waals surface area contributed by atoms with E-state index in [1.54, 1.807) is 6.20 Å². The Balaban J connectivity index is 2.30. The molecule has 0 saturated heterocycles. The summed E-state index contributed by atoms with van der Waals surface area (Å²) in [5, 5.41) is 0. The predicted molar refractivity (Wildman–Crippen MR) is 67.8 cm³/mol. The minimum absolute atomic E-state index is 0.482. The molecule has 1 aromatic carbocycles. The van der Waals surface area contributed by atoms with E-state index in [0.717, 1.165) is 17.4 Å². The number of nitrogens with zero attached hydrogens (tertiary/aromatic N) is 1. The molecule has 86 valence electrons. The molecule has 0 saturated carbocycles. The highest BCUT2D eigenvalue weighted by atomic mass is 16.1. The Morgan fingerprint density at radius 1 is 1.18 bits per heavy atom. The molecule has 0 aliphatic heterocycles. The Morgan fingerprint density at radius 3 is 2.53 bits per heavy atom. The van der Waals surface area contributed by atoms with Gasteiger partial charge in [-0.2, -0.15) is 0 Å². The second kappa shape index (κ2) is 4.91.